The third-order valence-electron chi connectivity index (χ3n) is 5.10. The molecule has 0 aliphatic carbocycles. The molecule has 0 aliphatic rings. The summed E-state index contributed by atoms with van der Waals surface area (Å²) in [4.78, 5) is 24.9. The second-order valence-corrected chi connectivity index (χ2v) is 8.97. The summed E-state index contributed by atoms with van der Waals surface area (Å²) in [5.74, 6) is -0.270. The molecule has 3 rings (SSSR count). The lowest BCUT2D eigenvalue weighted by Gasteiger charge is -2.15. The maximum atomic E-state index is 13.9. The van der Waals surface area contributed by atoms with E-state index in [4.69, 9.17) is 0 Å². The van der Waals surface area contributed by atoms with Gasteiger partial charge in [0.1, 0.15) is 5.82 Å². The first-order chi connectivity index (χ1) is 16.3. The molecule has 2 aromatic carbocycles. The minimum Gasteiger partial charge on any atom is -0.342 e. The van der Waals surface area contributed by atoms with E-state index in [0.717, 1.165) is 5.69 Å². The van der Waals surface area contributed by atoms with Gasteiger partial charge < -0.3 is 15.2 Å². The van der Waals surface area contributed by atoms with Crippen LogP contribution in [-0.4, -0.2) is 32.3 Å². The molecule has 1 atom stereocenters. The van der Waals surface area contributed by atoms with E-state index in [1.165, 1.54) is 35.5 Å². The van der Waals surface area contributed by atoms with Crippen LogP contribution >= 0.6 is 11.8 Å². The van der Waals surface area contributed by atoms with Crippen molar-refractivity contribution in [1.29, 1.82) is 0 Å². The quantitative estimate of drug-likeness (QED) is 0.316. The summed E-state index contributed by atoms with van der Waals surface area (Å²) in [6.07, 6.45) is 1.68. The van der Waals surface area contributed by atoms with E-state index in [9.17, 15) is 14.0 Å². The zero-order valence-corrected chi connectivity index (χ0v) is 20.2. The van der Waals surface area contributed by atoms with E-state index in [1.54, 1.807) is 23.6 Å². The minimum absolute atomic E-state index is 0.0446. The first-order valence-corrected chi connectivity index (χ1v) is 11.9. The standard InChI is InChI=1S/C25H28FN5O2S/c1-5-14-31-23(17(4)27-24(33)20-8-6-7-9-21(20)26)29-30-25(31)34-15-22(32)28-19-12-10-18(11-13-19)16(2)3/h5-13,16-17H,1,14-15H2,2-4H3,(H,27,33)(H,28,32)/t17-/m0/s1. The van der Waals surface area contributed by atoms with Gasteiger partial charge in [-0.05, 0) is 42.7 Å². The van der Waals surface area contributed by atoms with Crippen LogP contribution in [0.2, 0.25) is 0 Å². The molecule has 9 heteroatoms. The number of halogens is 1. The average Bonchev–Trinajstić information content (AvgIpc) is 3.21. The number of carbonyl (C=O) groups is 2. The van der Waals surface area contributed by atoms with Crippen LogP contribution in [0.4, 0.5) is 10.1 Å². The maximum absolute atomic E-state index is 13.9. The highest BCUT2D eigenvalue weighted by atomic mass is 32.2. The average molecular weight is 482 g/mol. The zero-order chi connectivity index (χ0) is 24.7. The second-order valence-electron chi connectivity index (χ2n) is 8.03. The summed E-state index contributed by atoms with van der Waals surface area (Å²) in [5, 5.41) is 14.5. The lowest BCUT2D eigenvalue weighted by Crippen LogP contribution is -2.29. The fourth-order valence-electron chi connectivity index (χ4n) is 3.29. The van der Waals surface area contributed by atoms with Crippen molar-refractivity contribution in [3.8, 4) is 0 Å². The molecule has 0 aliphatic heterocycles. The molecule has 0 unspecified atom stereocenters. The molecule has 1 heterocycles. The SMILES string of the molecule is C=CCn1c(SCC(=O)Nc2ccc(C(C)C)cc2)nnc1[C@H](C)NC(=O)c1ccccc1F. The van der Waals surface area contributed by atoms with E-state index in [2.05, 4.69) is 41.3 Å². The Bertz CT molecular complexity index is 1160. The molecule has 1 aromatic heterocycles. The maximum Gasteiger partial charge on any atom is 0.254 e. The van der Waals surface area contributed by atoms with E-state index in [-0.39, 0.29) is 17.2 Å². The number of thioether (sulfide) groups is 1. The molecule has 178 valence electrons. The summed E-state index contributed by atoms with van der Waals surface area (Å²) in [7, 11) is 0. The lowest BCUT2D eigenvalue weighted by atomic mass is 10.0. The Morgan fingerprint density at radius 3 is 2.47 bits per heavy atom. The molecule has 0 saturated heterocycles. The number of nitrogens with zero attached hydrogens (tertiary/aromatic N) is 3. The van der Waals surface area contributed by atoms with E-state index >= 15 is 0 Å². The summed E-state index contributed by atoms with van der Waals surface area (Å²) in [6.45, 7) is 10.1. The number of anilines is 1. The van der Waals surface area contributed by atoms with Gasteiger partial charge in [0.15, 0.2) is 11.0 Å². The van der Waals surface area contributed by atoms with Crippen molar-refractivity contribution >= 4 is 29.3 Å². The number of aromatic nitrogens is 3. The fourth-order valence-corrected chi connectivity index (χ4v) is 4.05. The van der Waals surface area contributed by atoms with Gasteiger partial charge in [-0.15, -0.1) is 16.8 Å². The van der Waals surface area contributed by atoms with Crippen molar-refractivity contribution in [1.82, 2.24) is 20.1 Å². The molecule has 7 nitrogen and oxygen atoms in total. The summed E-state index contributed by atoms with van der Waals surface area (Å²) in [5.41, 5.74) is 1.89. The molecule has 34 heavy (non-hydrogen) atoms. The predicted molar refractivity (Wildman–Crippen MR) is 132 cm³/mol. The number of hydrogen-bond donors (Lipinski definition) is 2. The molecule has 3 aromatic rings. The number of rotatable bonds is 10. The Hall–Kier alpha value is -3.46. The van der Waals surface area contributed by atoms with Crippen molar-refractivity contribution in [2.24, 2.45) is 0 Å². The second kappa shape index (κ2) is 11.6. The molecule has 0 radical (unpaired) electrons. The third-order valence-corrected chi connectivity index (χ3v) is 6.07. The van der Waals surface area contributed by atoms with Crippen molar-refractivity contribution in [2.45, 2.75) is 44.4 Å². The Kier molecular flexibility index (Phi) is 8.59. The molecule has 2 N–H and O–H groups in total. The van der Waals surface area contributed by atoms with Crippen LogP contribution in [0, 0.1) is 5.82 Å². The Balaban J connectivity index is 1.64. The van der Waals surface area contributed by atoms with Crippen LogP contribution in [0.15, 0.2) is 66.3 Å². The Morgan fingerprint density at radius 2 is 1.82 bits per heavy atom. The Labute approximate surface area is 202 Å². The van der Waals surface area contributed by atoms with Gasteiger partial charge in [-0.3, -0.25) is 9.59 Å². The van der Waals surface area contributed by atoms with Gasteiger partial charge in [-0.25, -0.2) is 4.39 Å². The van der Waals surface area contributed by atoms with Gasteiger partial charge in [-0.2, -0.15) is 0 Å². The van der Waals surface area contributed by atoms with Crippen LogP contribution < -0.4 is 10.6 Å². The van der Waals surface area contributed by atoms with Crippen molar-refractivity contribution in [3.05, 3.63) is 84.0 Å². The number of allylic oxidation sites excluding steroid dienone is 1. The Morgan fingerprint density at radius 1 is 1.12 bits per heavy atom. The zero-order valence-electron chi connectivity index (χ0n) is 19.4. The van der Waals surface area contributed by atoms with Gasteiger partial charge in [0.05, 0.1) is 17.4 Å². The van der Waals surface area contributed by atoms with Gasteiger partial charge in [0.25, 0.3) is 5.91 Å². The van der Waals surface area contributed by atoms with E-state index < -0.39 is 17.8 Å². The number of amides is 2. The summed E-state index contributed by atoms with van der Waals surface area (Å²) < 4.78 is 15.7. The lowest BCUT2D eigenvalue weighted by molar-refractivity contribution is -0.113. The number of benzene rings is 2. The number of carbonyl (C=O) groups excluding carboxylic acids is 2. The monoisotopic (exact) mass is 481 g/mol. The summed E-state index contributed by atoms with van der Waals surface area (Å²) in [6, 6.07) is 13.0. The molecule has 2 amide bonds. The van der Waals surface area contributed by atoms with E-state index in [0.29, 0.717) is 23.4 Å². The topological polar surface area (TPSA) is 88.9 Å². The molecule has 0 spiro atoms. The van der Waals surface area contributed by atoms with Crippen LogP contribution in [0.5, 0.6) is 0 Å². The molecule has 0 saturated carbocycles. The first-order valence-electron chi connectivity index (χ1n) is 10.9. The van der Waals surface area contributed by atoms with Crippen LogP contribution in [0.1, 0.15) is 54.5 Å². The first kappa shape index (κ1) is 25.2. The third kappa shape index (κ3) is 6.32. The normalized spacial score (nSPS) is 11.8. The number of hydrogen-bond acceptors (Lipinski definition) is 5. The predicted octanol–water partition coefficient (Wildman–Crippen LogP) is 4.95. The highest BCUT2D eigenvalue weighted by molar-refractivity contribution is 7.99. The van der Waals surface area contributed by atoms with Crippen molar-refractivity contribution in [3.63, 3.8) is 0 Å². The highest BCUT2D eigenvalue weighted by Gasteiger charge is 2.21. The number of nitrogens with one attached hydrogen (secondary N) is 2. The van der Waals surface area contributed by atoms with Crippen LogP contribution in [-0.2, 0) is 11.3 Å². The van der Waals surface area contributed by atoms with Gasteiger partial charge >= 0.3 is 0 Å². The minimum atomic E-state index is -0.596. The van der Waals surface area contributed by atoms with Gasteiger partial charge in [-0.1, -0.05) is 56.0 Å². The van der Waals surface area contributed by atoms with Crippen LogP contribution in [0.25, 0.3) is 0 Å². The van der Waals surface area contributed by atoms with Gasteiger partial charge in [0.2, 0.25) is 5.91 Å². The largest absolute Gasteiger partial charge is 0.342 e. The van der Waals surface area contributed by atoms with Crippen molar-refractivity contribution < 1.29 is 14.0 Å². The molecular weight excluding hydrogens is 453 g/mol. The van der Waals surface area contributed by atoms with Crippen molar-refractivity contribution in [2.75, 3.05) is 11.1 Å². The molecular formula is C25H28FN5O2S. The van der Waals surface area contributed by atoms with E-state index in [1.807, 2.05) is 24.3 Å². The summed E-state index contributed by atoms with van der Waals surface area (Å²) >= 11 is 1.24. The highest BCUT2D eigenvalue weighted by Crippen LogP contribution is 2.22. The fraction of sp³-hybridized carbons (Fsp3) is 0.280. The van der Waals surface area contributed by atoms with Crippen LogP contribution in [0.3, 0.4) is 0 Å². The van der Waals surface area contributed by atoms with Gasteiger partial charge in [0, 0.05) is 12.2 Å². The smallest absolute Gasteiger partial charge is 0.254 e. The molecule has 0 fully saturated rings. The molecule has 0 bridgehead atoms.